The second kappa shape index (κ2) is 5.36. The van der Waals surface area contributed by atoms with Crippen molar-refractivity contribution in [1.82, 2.24) is 4.57 Å². The molecule has 0 saturated heterocycles. The number of hydrogen-bond donors (Lipinski definition) is 0. The zero-order chi connectivity index (χ0) is 18.9. The van der Waals surface area contributed by atoms with Crippen LogP contribution in [0, 0.1) is 0 Å². The summed E-state index contributed by atoms with van der Waals surface area (Å²) in [6.07, 6.45) is 0. The van der Waals surface area contributed by atoms with Crippen molar-refractivity contribution >= 4 is 54.1 Å². The van der Waals surface area contributed by atoms with Gasteiger partial charge in [-0.1, -0.05) is 78.9 Å². The van der Waals surface area contributed by atoms with Crippen LogP contribution in [0.2, 0.25) is 0 Å². The molecule has 7 aromatic rings. The maximum absolute atomic E-state index is 2.43. The van der Waals surface area contributed by atoms with Crippen molar-refractivity contribution in [3.05, 3.63) is 103 Å². The molecule has 1 heteroatoms. The summed E-state index contributed by atoms with van der Waals surface area (Å²) >= 11 is 0. The fraction of sp³-hybridized carbons (Fsp3) is 0. The third-order valence-electron chi connectivity index (χ3n) is 6.30. The fourth-order valence-corrected chi connectivity index (χ4v) is 5.18. The lowest BCUT2D eigenvalue weighted by atomic mass is 9.91. The van der Waals surface area contributed by atoms with E-state index in [1.54, 1.807) is 0 Å². The Morgan fingerprint density at radius 1 is 0.414 bits per heavy atom. The van der Waals surface area contributed by atoms with Crippen molar-refractivity contribution in [2.24, 2.45) is 0 Å². The maximum atomic E-state index is 2.43. The molecule has 0 fully saturated rings. The van der Waals surface area contributed by atoms with Gasteiger partial charge in [0, 0.05) is 21.8 Å². The fourth-order valence-electron chi connectivity index (χ4n) is 5.18. The maximum Gasteiger partial charge on any atom is 0.0553 e. The number of hydrogen-bond acceptors (Lipinski definition) is 0. The molecule has 0 spiro atoms. The predicted octanol–water partition coefficient (Wildman–Crippen LogP) is 7.68. The van der Waals surface area contributed by atoms with Crippen LogP contribution < -0.4 is 0 Å². The Morgan fingerprint density at radius 3 is 1.93 bits per heavy atom. The van der Waals surface area contributed by atoms with Crippen LogP contribution in [0.25, 0.3) is 59.8 Å². The second-order valence-corrected chi connectivity index (χ2v) is 7.78. The Hall–Kier alpha value is -3.84. The number of nitrogens with zero attached hydrogens (tertiary/aromatic N) is 1. The van der Waals surface area contributed by atoms with Crippen molar-refractivity contribution in [1.29, 1.82) is 0 Å². The summed E-state index contributed by atoms with van der Waals surface area (Å²) in [6.45, 7) is 0. The van der Waals surface area contributed by atoms with Crippen molar-refractivity contribution < 1.29 is 0 Å². The van der Waals surface area contributed by atoms with E-state index < -0.39 is 0 Å². The van der Waals surface area contributed by atoms with Gasteiger partial charge >= 0.3 is 0 Å². The van der Waals surface area contributed by atoms with Crippen LogP contribution in [0.4, 0.5) is 0 Å². The van der Waals surface area contributed by atoms with E-state index in [1.165, 1.54) is 59.8 Å². The molecule has 0 unspecified atom stereocenters. The van der Waals surface area contributed by atoms with Crippen LogP contribution in [0.3, 0.4) is 0 Å². The van der Waals surface area contributed by atoms with Crippen molar-refractivity contribution in [2.45, 2.75) is 0 Å². The molecule has 0 saturated carbocycles. The summed E-state index contributed by atoms with van der Waals surface area (Å²) < 4.78 is 2.43. The molecule has 0 aliphatic rings. The molecule has 134 valence electrons. The number of benzene rings is 6. The lowest BCUT2D eigenvalue weighted by molar-refractivity contribution is 1.18. The average molecular weight is 367 g/mol. The molecule has 0 atom stereocenters. The highest BCUT2D eigenvalue weighted by Crippen LogP contribution is 2.46. The third kappa shape index (κ3) is 1.85. The monoisotopic (exact) mass is 367 g/mol. The molecular formula is C28H17N. The van der Waals surface area contributed by atoms with Crippen LogP contribution in [0.15, 0.2) is 103 Å². The highest BCUT2D eigenvalue weighted by molar-refractivity contribution is 6.39. The van der Waals surface area contributed by atoms with Gasteiger partial charge in [-0.15, -0.1) is 0 Å². The lowest BCUT2D eigenvalue weighted by Crippen LogP contribution is -1.92. The van der Waals surface area contributed by atoms with E-state index in [-0.39, 0.29) is 0 Å². The quantitative estimate of drug-likeness (QED) is 0.262. The Labute approximate surface area is 167 Å². The molecule has 0 radical (unpaired) electrons. The van der Waals surface area contributed by atoms with Gasteiger partial charge < -0.3 is 4.57 Å². The number of para-hydroxylation sites is 1. The molecule has 0 aliphatic heterocycles. The number of fused-ring (bicyclic) bond motifs is 5. The predicted molar refractivity (Wildman–Crippen MR) is 124 cm³/mol. The van der Waals surface area contributed by atoms with Gasteiger partial charge in [-0.25, -0.2) is 0 Å². The minimum atomic E-state index is 1.21. The topological polar surface area (TPSA) is 4.93 Å². The zero-order valence-corrected chi connectivity index (χ0v) is 15.8. The van der Waals surface area contributed by atoms with Crippen LogP contribution in [0.1, 0.15) is 0 Å². The van der Waals surface area contributed by atoms with Gasteiger partial charge in [-0.2, -0.15) is 0 Å². The molecule has 7 rings (SSSR count). The van der Waals surface area contributed by atoms with Crippen molar-refractivity contribution in [2.75, 3.05) is 0 Å². The van der Waals surface area contributed by atoms with Crippen molar-refractivity contribution in [3.63, 3.8) is 0 Å². The first kappa shape index (κ1) is 15.1. The van der Waals surface area contributed by atoms with E-state index >= 15 is 0 Å². The molecule has 0 amide bonds. The SMILES string of the molecule is c1ccc(-n2c3cccc4c5ccccc5c5c6ccccc6cc2c5c43)cc1. The summed E-state index contributed by atoms with van der Waals surface area (Å²) in [5, 5.41) is 10.7. The second-order valence-electron chi connectivity index (χ2n) is 7.78. The first-order valence-electron chi connectivity index (χ1n) is 10.1. The average Bonchev–Trinajstić information content (AvgIpc) is 3.12. The summed E-state index contributed by atoms with van der Waals surface area (Å²) in [5.74, 6) is 0. The van der Waals surface area contributed by atoms with E-state index in [0.717, 1.165) is 0 Å². The van der Waals surface area contributed by atoms with Crippen LogP contribution in [-0.2, 0) is 0 Å². The van der Waals surface area contributed by atoms with Gasteiger partial charge in [0.1, 0.15) is 0 Å². The van der Waals surface area contributed by atoms with Gasteiger partial charge in [0.05, 0.1) is 11.0 Å². The third-order valence-corrected chi connectivity index (χ3v) is 6.30. The molecule has 0 aliphatic carbocycles. The van der Waals surface area contributed by atoms with Crippen LogP contribution >= 0.6 is 0 Å². The van der Waals surface area contributed by atoms with Gasteiger partial charge in [-0.3, -0.25) is 0 Å². The minimum absolute atomic E-state index is 1.21. The summed E-state index contributed by atoms with van der Waals surface area (Å²) in [7, 11) is 0. The Bertz CT molecular complexity index is 1680. The molecule has 1 aromatic heterocycles. The Balaban J connectivity index is 1.91. The standard InChI is InChI=1S/C28H17N/c1-2-10-19(11-3-1)29-24-16-8-15-23-21-13-6-7-14-22(21)26-20-12-5-4-9-18(20)17-25(29)28(26)27(23)24/h1-17H. The molecule has 6 aromatic carbocycles. The molecule has 0 N–H and O–H groups in total. The van der Waals surface area contributed by atoms with E-state index in [0.29, 0.717) is 0 Å². The highest BCUT2D eigenvalue weighted by atomic mass is 15.0. The molecule has 29 heavy (non-hydrogen) atoms. The van der Waals surface area contributed by atoms with E-state index in [2.05, 4.69) is 108 Å². The smallest absolute Gasteiger partial charge is 0.0553 e. The number of rotatable bonds is 1. The van der Waals surface area contributed by atoms with Gasteiger partial charge in [0.15, 0.2) is 0 Å². The number of aromatic nitrogens is 1. The normalized spacial score (nSPS) is 12.1. The van der Waals surface area contributed by atoms with Gasteiger partial charge in [0.25, 0.3) is 0 Å². The molecule has 1 heterocycles. The summed E-state index contributed by atoms with van der Waals surface area (Å²) in [6, 6.07) is 37.4. The van der Waals surface area contributed by atoms with Gasteiger partial charge in [-0.05, 0) is 51.2 Å². The minimum Gasteiger partial charge on any atom is -0.309 e. The van der Waals surface area contributed by atoms with Crippen molar-refractivity contribution in [3.8, 4) is 5.69 Å². The molecule has 0 bridgehead atoms. The largest absolute Gasteiger partial charge is 0.309 e. The highest BCUT2D eigenvalue weighted by Gasteiger charge is 2.20. The molecular weight excluding hydrogens is 350 g/mol. The van der Waals surface area contributed by atoms with E-state index in [4.69, 9.17) is 0 Å². The summed E-state index contributed by atoms with van der Waals surface area (Å²) in [4.78, 5) is 0. The Morgan fingerprint density at radius 2 is 1.07 bits per heavy atom. The lowest BCUT2D eigenvalue weighted by Gasteiger charge is -2.11. The first-order valence-corrected chi connectivity index (χ1v) is 10.1. The van der Waals surface area contributed by atoms with Crippen LogP contribution in [-0.4, -0.2) is 4.57 Å². The zero-order valence-electron chi connectivity index (χ0n) is 15.8. The Kier molecular flexibility index (Phi) is 2.80. The van der Waals surface area contributed by atoms with E-state index in [9.17, 15) is 0 Å². The molecule has 1 nitrogen and oxygen atoms in total. The van der Waals surface area contributed by atoms with Crippen LogP contribution in [0.5, 0.6) is 0 Å². The first-order chi connectivity index (χ1) is 14.4. The summed E-state index contributed by atoms with van der Waals surface area (Å²) in [5.41, 5.74) is 3.76. The van der Waals surface area contributed by atoms with E-state index in [1.807, 2.05) is 0 Å². The van der Waals surface area contributed by atoms with Gasteiger partial charge in [0.2, 0.25) is 0 Å².